The molecule has 3 rings (SSSR count). The van der Waals surface area contributed by atoms with Crippen molar-refractivity contribution in [2.75, 3.05) is 44.2 Å². The van der Waals surface area contributed by atoms with E-state index in [1.165, 1.54) is 31.6 Å². The van der Waals surface area contributed by atoms with Gasteiger partial charge in [0.2, 0.25) is 0 Å². The van der Waals surface area contributed by atoms with Crippen LogP contribution in [0.25, 0.3) is 0 Å². The zero-order chi connectivity index (χ0) is 14.7. The quantitative estimate of drug-likeness (QED) is 0.921. The van der Waals surface area contributed by atoms with Crippen LogP contribution in [-0.2, 0) is 0 Å². The van der Waals surface area contributed by atoms with Crippen LogP contribution in [0.2, 0.25) is 0 Å². The Balaban J connectivity index is 1.62. The normalized spacial score (nSPS) is 22.7. The largest absolute Gasteiger partial charge is 0.396 e. The van der Waals surface area contributed by atoms with E-state index < -0.39 is 0 Å². The Bertz CT molecular complexity index is 463. The van der Waals surface area contributed by atoms with E-state index in [1.54, 1.807) is 0 Å². The van der Waals surface area contributed by atoms with Crippen LogP contribution in [0.1, 0.15) is 31.4 Å². The number of piperidine rings is 1. The van der Waals surface area contributed by atoms with E-state index in [-0.39, 0.29) is 5.41 Å². The van der Waals surface area contributed by atoms with Gasteiger partial charge in [-0.3, -0.25) is 4.98 Å². The van der Waals surface area contributed by atoms with Gasteiger partial charge < -0.3 is 14.9 Å². The molecule has 21 heavy (non-hydrogen) atoms. The number of aliphatic hydroxyl groups is 1. The second-order valence-corrected chi connectivity index (χ2v) is 6.78. The summed E-state index contributed by atoms with van der Waals surface area (Å²) >= 11 is 0. The molecule has 116 valence electrons. The number of nitrogens with zero attached hydrogens (tertiary/aromatic N) is 3. The molecular formula is C17H27N3O. The van der Waals surface area contributed by atoms with Gasteiger partial charge in [-0.1, -0.05) is 0 Å². The highest BCUT2D eigenvalue weighted by molar-refractivity contribution is 5.46. The second-order valence-electron chi connectivity index (χ2n) is 6.78. The molecule has 2 fully saturated rings. The SMILES string of the molecule is Cc1cc(N2CCC(CO)(CN3CCCC3)CC2)ccn1. The number of anilines is 1. The van der Waals surface area contributed by atoms with Gasteiger partial charge in [0.1, 0.15) is 0 Å². The molecule has 1 N–H and O–H groups in total. The minimum Gasteiger partial charge on any atom is -0.396 e. The molecule has 0 aromatic carbocycles. The average Bonchev–Trinajstić information content (AvgIpc) is 3.01. The first-order valence-corrected chi connectivity index (χ1v) is 8.22. The molecule has 1 aromatic heterocycles. The van der Waals surface area contributed by atoms with Crippen molar-refractivity contribution in [2.24, 2.45) is 5.41 Å². The Morgan fingerprint density at radius 1 is 1.19 bits per heavy atom. The van der Waals surface area contributed by atoms with Crippen LogP contribution >= 0.6 is 0 Å². The van der Waals surface area contributed by atoms with Crippen molar-refractivity contribution in [3.05, 3.63) is 24.0 Å². The molecule has 2 saturated heterocycles. The Morgan fingerprint density at radius 3 is 2.52 bits per heavy atom. The van der Waals surface area contributed by atoms with Gasteiger partial charge in [0.05, 0.1) is 6.61 Å². The monoisotopic (exact) mass is 289 g/mol. The predicted octanol–water partition coefficient (Wildman–Crippen LogP) is 2.06. The van der Waals surface area contributed by atoms with Crippen LogP contribution in [0.3, 0.4) is 0 Å². The van der Waals surface area contributed by atoms with Crippen LogP contribution in [0.4, 0.5) is 5.69 Å². The Morgan fingerprint density at radius 2 is 1.90 bits per heavy atom. The Labute approximate surface area is 127 Å². The van der Waals surface area contributed by atoms with E-state index in [0.717, 1.165) is 38.2 Å². The number of aliphatic hydroxyl groups excluding tert-OH is 1. The molecule has 2 aliphatic heterocycles. The lowest BCUT2D eigenvalue weighted by Crippen LogP contribution is -2.47. The fraction of sp³-hybridized carbons (Fsp3) is 0.706. The molecule has 0 bridgehead atoms. The standard InChI is InChI=1S/C17H27N3O/c1-15-12-16(4-7-18-15)20-10-5-17(14-21,6-11-20)13-19-8-2-3-9-19/h4,7,12,21H,2-3,5-6,8-11,13-14H2,1H3. The zero-order valence-electron chi connectivity index (χ0n) is 13.1. The number of aromatic nitrogens is 1. The number of rotatable bonds is 4. The Hall–Kier alpha value is -1.13. The molecule has 4 nitrogen and oxygen atoms in total. The second kappa shape index (κ2) is 6.32. The van der Waals surface area contributed by atoms with Crippen LogP contribution < -0.4 is 4.90 Å². The minimum atomic E-state index is 0.114. The first kappa shape index (κ1) is 14.8. The van der Waals surface area contributed by atoms with Gasteiger partial charge in [0.25, 0.3) is 0 Å². The molecular weight excluding hydrogens is 262 g/mol. The van der Waals surface area contributed by atoms with E-state index in [2.05, 4.69) is 26.9 Å². The van der Waals surface area contributed by atoms with Crippen LogP contribution in [0, 0.1) is 12.3 Å². The molecule has 0 unspecified atom stereocenters. The van der Waals surface area contributed by atoms with E-state index in [4.69, 9.17) is 0 Å². The molecule has 0 spiro atoms. The molecule has 3 heterocycles. The highest BCUT2D eigenvalue weighted by atomic mass is 16.3. The minimum absolute atomic E-state index is 0.114. The van der Waals surface area contributed by atoms with Crippen LogP contribution in [-0.4, -0.2) is 54.3 Å². The van der Waals surface area contributed by atoms with Crippen molar-refractivity contribution in [1.29, 1.82) is 0 Å². The molecule has 4 heteroatoms. The molecule has 1 aromatic rings. The van der Waals surface area contributed by atoms with Crippen LogP contribution in [0.5, 0.6) is 0 Å². The maximum absolute atomic E-state index is 9.95. The summed E-state index contributed by atoms with van der Waals surface area (Å²) in [7, 11) is 0. The van der Waals surface area contributed by atoms with Crippen molar-refractivity contribution in [3.8, 4) is 0 Å². The van der Waals surface area contributed by atoms with Crippen molar-refractivity contribution in [2.45, 2.75) is 32.6 Å². The van der Waals surface area contributed by atoms with E-state index in [9.17, 15) is 5.11 Å². The van der Waals surface area contributed by atoms with Gasteiger partial charge >= 0.3 is 0 Å². The van der Waals surface area contributed by atoms with Gasteiger partial charge in [0, 0.05) is 42.6 Å². The molecule has 0 amide bonds. The van der Waals surface area contributed by atoms with Crippen molar-refractivity contribution >= 4 is 5.69 Å². The lowest BCUT2D eigenvalue weighted by molar-refractivity contribution is 0.0595. The summed E-state index contributed by atoms with van der Waals surface area (Å²) in [6.07, 6.45) is 6.71. The van der Waals surface area contributed by atoms with E-state index >= 15 is 0 Å². The summed E-state index contributed by atoms with van der Waals surface area (Å²) in [6.45, 7) is 7.96. The molecule has 0 atom stereocenters. The van der Waals surface area contributed by atoms with Gasteiger partial charge in [0.15, 0.2) is 0 Å². The highest BCUT2D eigenvalue weighted by Gasteiger charge is 2.36. The first-order chi connectivity index (χ1) is 10.2. The van der Waals surface area contributed by atoms with Crippen LogP contribution in [0.15, 0.2) is 18.3 Å². The molecule has 0 aliphatic carbocycles. The highest BCUT2D eigenvalue weighted by Crippen LogP contribution is 2.34. The first-order valence-electron chi connectivity index (χ1n) is 8.22. The summed E-state index contributed by atoms with van der Waals surface area (Å²) in [5.41, 5.74) is 2.46. The van der Waals surface area contributed by atoms with E-state index in [0.29, 0.717) is 6.61 Å². The number of pyridine rings is 1. The Kier molecular flexibility index (Phi) is 4.45. The fourth-order valence-corrected chi connectivity index (χ4v) is 3.75. The number of hydrogen-bond donors (Lipinski definition) is 1. The predicted molar refractivity (Wildman–Crippen MR) is 85.6 cm³/mol. The lowest BCUT2D eigenvalue weighted by atomic mass is 9.78. The smallest absolute Gasteiger partial charge is 0.0501 e. The summed E-state index contributed by atoms with van der Waals surface area (Å²) in [5, 5.41) is 9.95. The van der Waals surface area contributed by atoms with Gasteiger partial charge in [-0.25, -0.2) is 0 Å². The average molecular weight is 289 g/mol. The topological polar surface area (TPSA) is 39.6 Å². The molecule has 0 saturated carbocycles. The van der Waals surface area contributed by atoms with Crippen molar-refractivity contribution in [3.63, 3.8) is 0 Å². The van der Waals surface area contributed by atoms with Crippen molar-refractivity contribution in [1.82, 2.24) is 9.88 Å². The van der Waals surface area contributed by atoms with Gasteiger partial charge in [-0.15, -0.1) is 0 Å². The fourth-order valence-electron chi connectivity index (χ4n) is 3.75. The number of likely N-dealkylation sites (tertiary alicyclic amines) is 1. The van der Waals surface area contributed by atoms with Gasteiger partial charge in [-0.05, 0) is 57.8 Å². The zero-order valence-corrected chi connectivity index (χ0v) is 13.1. The molecule has 0 radical (unpaired) electrons. The van der Waals surface area contributed by atoms with Crippen molar-refractivity contribution < 1.29 is 5.11 Å². The third-order valence-corrected chi connectivity index (χ3v) is 5.16. The third-order valence-electron chi connectivity index (χ3n) is 5.16. The summed E-state index contributed by atoms with van der Waals surface area (Å²) < 4.78 is 0. The number of hydrogen-bond acceptors (Lipinski definition) is 4. The molecule has 2 aliphatic rings. The lowest BCUT2D eigenvalue weighted by Gasteiger charge is -2.43. The maximum Gasteiger partial charge on any atom is 0.0501 e. The summed E-state index contributed by atoms with van der Waals surface area (Å²) in [6, 6.07) is 4.26. The summed E-state index contributed by atoms with van der Waals surface area (Å²) in [5.74, 6) is 0. The van der Waals surface area contributed by atoms with E-state index in [1.807, 2.05) is 13.1 Å². The third kappa shape index (κ3) is 3.38. The number of aryl methyl sites for hydroxylation is 1. The maximum atomic E-state index is 9.95. The summed E-state index contributed by atoms with van der Waals surface area (Å²) in [4.78, 5) is 9.26. The van der Waals surface area contributed by atoms with Gasteiger partial charge in [-0.2, -0.15) is 0 Å².